The molecule has 0 saturated carbocycles. The first kappa shape index (κ1) is 33.2. The third kappa shape index (κ3) is 5.55. The van der Waals surface area contributed by atoms with Gasteiger partial charge in [0.1, 0.15) is 0 Å². The molecule has 0 aliphatic rings. The maximum absolute atomic E-state index is 2.49. The Labute approximate surface area is 335 Å². The van der Waals surface area contributed by atoms with Crippen molar-refractivity contribution in [3.8, 4) is 39.1 Å². The molecule has 0 spiro atoms. The molecule has 11 rings (SSSR count). The zero-order valence-electron chi connectivity index (χ0n) is 31.1. The molecule has 0 aliphatic carbocycles. The third-order valence-electron chi connectivity index (χ3n) is 11.2. The second-order valence-electron chi connectivity index (χ2n) is 14.4. The molecule has 0 aliphatic heterocycles. The summed E-state index contributed by atoms with van der Waals surface area (Å²) in [5.41, 5.74) is 14.0. The lowest BCUT2D eigenvalue weighted by molar-refractivity contribution is 1.17. The van der Waals surface area contributed by atoms with E-state index in [1.54, 1.807) is 0 Å². The first-order chi connectivity index (χ1) is 28.3. The molecule has 0 bridgehead atoms. The van der Waals surface area contributed by atoms with Gasteiger partial charge in [0.2, 0.25) is 0 Å². The molecular weight excluding hydrogens is 709 g/mol. The molecule has 0 unspecified atom stereocenters. The van der Waals surface area contributed by atoms with Gasteiger partial charge in [-0.3, -0.25) is 0 Å². The molecule has 2 aromatic heterocycles. The highest BCUT2D eigenvalue weighted by Gasteiger charge is 2.23. The Kier molecular flexibility index (Phi) is 8.04. The van der Waals surface area contributed by atoms with Crippen LogP contribution in [0.1, 0.15) is 0 Å². The topological polar surface area (TPSA) is 8.17 Å². The van der Waals surface area contributed by atoms with Gasteiger partial charge >= 0.3 is 0 Å². The summed E-state index contributed by atoms with van der Waals surface area (Å²) < 4.78 is 4.97. The predicted molar refractivity (Wildman–Crippen MR) is 245 cm³/mol. The zero-order chi connectivity index (χ0) is 37.7. The predicted octanol–water partition coefficient (Wildman–Crippen LogP) is 15.6. The van der Waals surface area contributed by atoms with Crippen LogP contribution >= 0.6 is 11.3 Å². The van der Waals surface area contributed by atoms with Crippen LogP contribution in [0, 0.1) is 0 Å². The number of aromatic nitrogens is 1. The SMILES string of the molecule is c1ccc(-c2ccccc2-c2ccccc2-c2ccccc2N(c2cccc(-n3c4ccccc4c4ccccc43)c2)c2cccc3sc4ccccc4c23)cc1. The largest absolute Gasteiger partial charge is 0.309 e. The van der Waals surface area contributed by atoms with E-state index in [4.69, 9.17) is 0 Å². The molecule has 11 aromatic rings. The van der Waals surface area contributed by atoms with Crippen molar-refractivity contribution in [2.75, 3.05) is 4.90 Å². The minimum absolute atomic E-state index is 1.09. The third-order valence-corrected chi connectivity index (χ3v) is 12.3. The van der Waals surface area contributed by atoms with Crippen molar-refractivity contribution in [2.24, 2.45) is 0 Å². The molecule has 2 nitrogen and oxygen atoms in total. The van der Waals surface area contributed by atoms with Crippen LogP contribution in [0.25, 0.3) is 81.0 Å². The molecule has 0 saturated heterocycles. The highest BCUT2D eigenvalue weighted by molar-refractivity contribution is 7.26. The van der Waals surface area contributed by atoms with Crippen LogP contribution in [0.3, 0.4) is 0 Å². The van der Waals surface area contributed by atoms with Crippen LogP contribution in [-0.2, 0) is 0 Å². The van der Waals surface area contributed by atoms with Crippen LogP contribution in [0.5, 0.6) is 0 Å². The van der Waals surface area contributed by atoms with Crippen molar-refractivity contribution in [3.63, 3.8) is 0 Å². The lowest BCUT2D eigenvalue weighted by Gasteiger charge is -2.30. The second kappa shape index (κ2) is 13.8. The van der Waals surface area contributed by atoms with Crippen LogP contribution in [0.15, 0.2) is 218 Å². The number of thiophene rings is 1. The van der Waals surface area contributed by atoms with E-state index in [2.05, 4.69) is 228 Å². The Bertz CT molecular complexity index is 3210. The van der Waals surface area contributed by atoms with E-state index < -0.39 is 0 Å². The van der Waals surface area contributed by atoms with Crippen molar-refractivity contribution < 1.29 is 0 Å². The van der Waals surface area contributed by atoms with Crippen molar-refractivity contribution in [1.29, 1.82) is 0 Å². The van der Waals surface area contributed by atoms with Gasteiger partial charge in [0, 0.05) is 47.9 Å². The van der Waals surface area contributed by atoms with Gasteiger partial charge < -0.3 is 9.47 Å². The molecule has 2 heterocycles. The van der Waals surface area contributed by atoms with Gasteiger partial charge in [-0.15, -0.1) is 11.3 Å². The number of nitrogens with zero attached hydrogens (tertiary/aromatic N) is 2. The number of hydrogen-bond donors (Lipinski definition) is 0. The van der Waals surface area contributed by atoms with Gasteiger partial charge in [0.15, 0.2) is 0 Å². The van der Waals surface area contributed by atoms with Crippen LogP contribution in [0.2, 0.25) is 0 Å². The standard InChI is InChI=1S/C54H36N2S/c1-2-18-37(19-3-1)40-22-4-5-23-41(40)42-24-6-7-25-43(42)44-26-8-12-30-48(44)56(51-33-17-35-53-54(51)47-29-11-15-34-52(47)57-53)39-21-16-20-38(36-39)55-49-31-13-9-27-45(49)46-28-10-14-32-50(46)55/h1-36H. The molecule has 57 heavy (non-hydrogen) atoms. The highest BCUT2D eigenvalue weighted by atomic mass is 32.1. The van der Waals surface area contributed by atoms with E-state index >= 15 is 0 Å². The van der Waals surface area contributed by atoms with E-state index in [0.717, 1.165) is 28.3 Å². The molecule has 0 fully saturated rings. The quantitative estimate of drug-likeness (QED) is 0.158. The maximum atomic E-state index is 2.49. The van der Waals surface area contributed by atoms with E-state index in [9.17, 15) is 0 Å². The van der Waals surface area contributed by atoms with Gasteiger partial charge in [-0.1, -0.05) is 164 Å². The molecule has 0 N–H and O–H groups in total. The van der Waals surface area contributed by atoms with Crippen LogP contribution < -0.4 is 4.90 Å². The smallest absolute Gasteiger partial charge is 0.0555 e. The number of benzene rings is 9. The molecule has 268 valence electrons. The van der Waals surface area contributed by atoms with Crippen molar-refractivity contribution >= 4 is 70.4 Å². The maximum Gasteiger partial charge on any atom is 0.0555 e. The minimum atomic E-state index is 1.09. The van der Waals surface area contributed by atoms with Crippen LogP contribution in [-0.4, -0.2) is 4.57 Å². The molecule has 0 amide bonds. The molecule has 3 heteroatoms. The van der Waals surface area contributed by atoms with Crippen LogP contribution in [0.4, 0.5) is 17.1 Å². The molecule has 9 aromatic carbocycles. The lowest BCUT2D eigenvalue weighted by Crippen LogP contribution is -2.12. The van der Waals surface area contributed by atoms with Gasteiger partial charge in [-0.05, 0) is 82.4 Å². The normalized spacial score (nSPS) is 11.5. The molecule has 0 atom stereocenters. The number of para-hydroxylation sites is 3. The number of fused-ring (bicyclic) bond motifs is 6. The summed E-state index contributed by atoms with van der Waals surface area (Å²) >= 11 is 1.86. The second-order valence-corrected chi connectivity index (χ2v) is 15.5. The summed E-state index contributed by atoms with van der Waals surface area (Å²) in [6.07, 6.45) is 0. The van der Waals surface area contributed by atoms with E-state index in [0.29, 0.717) is 0 Å². The average molecular weight is 745 g/mol. The fourth-order valence-corrected chi connectivity index (χ4v) is 9.89. The van der Waals surface area contributed by atoms with E-state index in [1.165, 1.54) is 69.8 Å². The molecule has 0 radical (unpaired) electrons. The highest BCUT2D eigenvalue weighted by Crippen LogP contribution is 2.49. The summed E-state index contributed by atoms with van der Waals surface area (Å²) in [5.74, 6) is 0. The lowest BCUT2D eigenvalue weighted by atomic mass is 9.88. The first-order valence-corrected chi connectivity index (χ1v) is 20.3. The van der Waals surface area contributed by atoms with Crippen molar-refractivity contribution in [3.05, 3.63) is 218 Å². The Hall–Kier alpha value is -7.20. The number of hydrogen-bond acceptors (Lipinski definition) is 2. The molecular formula is C54H36N2S. The Balaban J connectivity index is 1.18. The summed E-state index contributed by atoms with van der Waals surface area (Å²) in [5, 5.41) is 5.04. The number of rotatable bonds is 7. The Morgan fingerprint density at radius 3 is 1.60 bits per heavy atom. The fourth-order valence-electron chi connectivity index (χ4n) is 8.76. The Morgan fingerprint density at radius 2 is 0.860 bits per heavy atom. The minimum Gasteiger partial charge on any atom is -0.309 e. The van der Waals surface area contributed by atoms with Gasteiger partial charge in [-0.25, -0.2) is 0 Å². The van der Waals surface area contributed by atoms with Crippen molar-refractivity contribution in [2.45, 2.75) is 0 Å². The summed E-state index contributed by atoms with van der Waals surface area (Å²) in [7, 11) is 0. The van der Waals surface area contributed by atoms with Gasteiger partial charge in [0.25, 0.3) is 0 Å². The monoisotopic (exact) mass is 744 g/mol. The zero-order valence-corrected chi connectivity index (χ0v) is 31.9. The van der Waals surface area contributed by atoms with E-state index in [-0.39, 0.29) is 0 Å². The van der Waals surface area contributed by atoms with Crippen molar-refractivity contribution in [1.82, 2.24) is 4.57 Å². The number of anilines is 3. The summed E-state index contributed by atoms with van der Waals surface area (Å²) in [6.45, 7) is 0. The average Bonchev–Trinajstić information content (AvgIpc) is 3.84. The summed E-state index contributed by atoms with van der Waals surface area (Å²) in [6, 6.07) is 79.4. The van der Waals surface area contributed by atoms with Gasteiger partial charge in [0.05, 0.1) is 22.4 Å². The Morgan fingerprint density at radius 1 is 0.351 bits per heavy atom. The fraction of sp³-hybridized carbons (Fsp3) is 0. The van der Waals surface area contributed by atoms with Gasteiger partial charge in [-0.2, -0.15) is 0 Å². The van der Waals surface area contributed by atoms with E-state index in [1.807, 2.05) is 11.3 Å². The first-order valence-electron chi connectivity index (χ1n) is 19.4. The summed E-state index contributed by atoms with van der Waals surface area (Å²) in [4.78, 5) is 2.49.